The number of nitrogens with zero attached hydrogens (tertiary/aromatic N) is 2. The van der Waals surface area contributed by atoms with Gasteiger partial charge in [-0.05, 0) is 43.5 Å². The van der Waals surface area contributed by atoms with Gasteiger partial charge in [-0.2, -0.15) is 0 Å². The van der Waals surface area contributed by atoms with Gasteiger partial charge in [0.2, 0.25) is 5.91 Å². The fourth-order valence-electron chi connectivity index (χ4n) is 3.86. The summed E-state index contributed by atoms with van der Waals surface area (Å²) in [4.78, 5) is 28.6. The van der Waals surface area contributed by atoms with Crippen molar-refractivity contribution in [3.05, 3.63) is 29.8 Å². The Labute approximate surface area is 161 Å². The van der Waals surface area contributed by atoms with Crippen molar-refractivity contribution in [2.24, 2.45) is 5.92 Å². The highest BCUT2D eigenvalue weighted by Gasteiger charge is 2.43. The fourth-order valence-corrected chi connectivity index (χ4v) is 3.86. The molecular weight excluding hydrogens is 342 g/mol. The SMILES string of the molecule is CC(C)C(=O)NC1COC2(CCN(C(=O)c3ccc(N(C)C)cc3)CC2)C1. The fraction of sp³-hybridized carbons (Fsp3) is 0.619. The molecular formula is C21H31N3O3. The van der Waals surface area contributed by atoms with E-state index in [1.165, 1.54) is 0 Å². The van der Waals surface area contributed by atoms with Crippen LogP contribution in [0.25, 0.3) is 0 Å². The number of ether oxygens (including phenoxy) is 1. The molecule has 1 N–H and O–H groups in total. The zero-order valence-electron chi connectivity index (χ0n) is 16.8. The van der Waals surface area contributed by atoms with Crippen LogP contribution in [-0.4, -0.2) is 62.1 Å². The number of amides is 2. The standard InChI is InChI=1S/C21H31N3O3/c1-15(2)19(25)22-17-13-21(27-14-17)9-11-24(12-10-21)20(26)16-5-7-18(8-6-16)23(3)4/h5-8,15,17H,9-14H2,1-4H3,(H,22,25). The summed E-state index contributed by atoms with van der Waals surface area (Å²) in [6.45, 7) is 5.75. The van der Waals surface area contributed by atoms with E-state index in [-0.39, 0.29) is 29.4 Å². The van der Waals surface area contributed by atoms with Crippen LogP contribution < -0.4 is 10.2 Å². The minimum atomic E-state index is -0.194. The molecule has 148 valence electrons. The normalized spacial score (nSPS) is 21.5. The van der Waals surface area contributed by atoms with E-state index in [9.17, 15) is 9.59 Å². The van der Waals surface area contributed by atoms with Gasteiger partial charge in [0, 0.05) is 44.4 Å². The van der Waals surface area contributed by atoms with Gasteiger partial charge in [-0.1, -0.05) is 13.8 Å². The van der Waals surface area contributed by atoms with Crippen LogP contribution >= 0.6 is 0 Å². The predicted molar refractivity (Wildman–Crippen MR) is 106 cm³/mol. The molecule has 2 fully saturated rings. The zero-order chi connectivity index (χ0) is 19.6. The van der Waals surface area contributed by atoms with E-state index in [2.05, 4.69) is 5.32 Å². The van der Waals surface area contributed by atoms with E-state index in [1.807, 2.05) is 62.0 Å². The van der Waals surface area contributed by atoms with E-state index in [0.717, 1.165) is 30.5 Å². The summed E-state index contributed by atoms with van der Waals surface area (Å²) in [5.74, 6) is 0.146. The Bertz CT molecular complexity index is 676. The van der Waals surface area contributed by atoms with E-state index < -0.39 is 0 Å². The zero-order valence-corrected chi connectivity index (χ0v) is 16.8. The lowest BCUT2D eigenvalue weighted by molar-refractivity contribution is -0.124. The second-order valence-electron chi connectivity index (χ2n) is 8.29. The van der Waals surface area contributed by atoms with Crippen LogP contribution in [0.1, 0.15) is 43.5 Å². The molecule has 2 saturated heterocycles. The third kappa shape index (κ3) is 4.43. The van der Waals surface area contributed by atoms with Gasteiger partial charge in [0.15, 0.2) is 0 Å². The highest BCUT2D eigenvalue weighted by Crippen LogP contribution is 2.36. The molecule has 1 atom stereocenters. The van der Waals surface area contributed by atoms with Crippen LogP contribution in [0.5, 0.6) is 0 Å². The second kappa shape index (κ2) is 7.89. The maximum Gasteiger partial charge on any atom is 0.253 e. The minimum absolute atomic E-state index is 0.0140. The van der Waals surface area contributed by atoms with Gasteiger partial charge in [-0.3, -0.25) is 9.59 Å². The topological polar surface area (TPSA) is 61.9 Å². The smallest absolute Gasteiger partial charge is 0.253 e. The first-order chi connectivity index (χ1) is 12.8. The Morgan fingerprint density at radius 1 is 1.19 bits per heavy atom. The molecule has 2 aliphatic rings. The lowest BCUT2D eigenvalue weighted by Gasteiger charge is -2.38. The largest absolute Gasteiger partial charge is 0.378 e. The van der Waals surface area contributed by atoms with Gasteiger partial charge in [0.05, 0.1) is 18.2 Å². The van der Waals surface area contributed by atoms with Crippen LogP contribution in [-0.2, 0) is 9.53 Å². The van der Waals surface area contributed by atoms with Gasteiger partial charge >= 0.3 is 0 Å². The van der Waals surface area contributed by atoms with Crippen molar-refractivity contribution in [1.29, 1.82) is 0 Å². The van der Waals surface area contributed by atoms with E-state index in [1.54, 1.807) is 0 Å². The molecule has 0 radical (unpaired) electrons. The number of nitrogens with one attached hydrogen (secondary N) is 1. The number of likely N-dealkylation sites (tertiary alicyclic amines) is 1. The lowest BCUT2D eigenvalue weighted by atomic mass is 9.87. The molecule has 3 rings (SSSR count). The van der Waals surface area contributed by atoms with Crippen molar-refractivity contribution in [2.75, 3.05) is 38.7 Å². The molecule has 0 saturated carbocycles. The molecule has 6 nitrogen and oxygen atoms in total. The Balaban J connectivity index is 1.54. The predicted octanol–water partition coefficient (Wildman–Crippen LogP) is 2.29. The van der Waals surface area contributed by atoms with Crippen LogP contribution in [0, 0.1) is 5.92 Å². The molecule has 2 heterocycles. The third-order valence-electron chi connectivity index (χ3n) is 5.67. The second-order valence-corrected chi connectivity index (χ2v) is 8.29. The maximum atomic E-state index is 12.8. The number of carbonyl (C=O) groups is 2. The van der Waals surface area contributed by atoms with E-state index in [4.69, 9.17) is 4.74 Å². The molecule has 1 aromatic rings. The summed E-state index contributed by atoms with van der Waals surface area (Å²) in [7, 11) is 3.97. The Morgan fingerprint density at radius 2 is 1.81 bits per heavy atom. The van der Waals surface area contributed by atoms with Crippen LogP contribution in [0.2, 0.25) is 0 Å². The number of anilines is 1. The molecule has 1 aromatic carbocycles. The van der Waals surface area contributed by atoms with E-state index in [0.29, 0.717) is 19.7 Å². The highest BCUT2D eigenvalue weighted by molar-refractivity contribution is 5.94. The van der Waals surface area contributed by atoms with Crippen LogP contribution in [0.15, 0.2) is 24.3 Å². The van der Waals surface area contributed by atoms with Gasteiger partial charge in [0.1, 0.15) is 0 Å². The van der Waals surface area contributed by atoms with Crippen molar-refractivity contribution in [2.45, 2.75) is 44.8 Å². The van der Waals surface area contributed by atoms with Crippen molar-refractivity contribution >= 4 is 17.5 Å². The lowest BCUT2D eigenvalue weighted by Crippen LogP contribution is -2.47. The summed E-state index contributed by atoms with van der Waals surface area (Å²) in [6.07, 6.45) is 2.48. The number of hydrogen-bond acceptors (Lipinski definition) is 4. The summed E-state index contributed by atoms with van der Waals surface area (Å²) >= 11 is 0. The van der Waals surface area contributed by atoms with Crippen molar-refractivity contribution in [1.82, 2.24) is 10.2 Å². The van der Waals surface area contributed by atoms with Crippen molar-refractivity contribution in [3.8, 4) is 0 Å². The maximum absolute atomic E-state index is 12.8. The summed E-state index contributed by atoms with van der Waals surface area (Å²) in [6, 6.07) is 7.82. The molecule has 1 spiro atoms. The molecule has 0 aliphatic carbocycles. The van der Waals surface area contributed by atoms with E-state index >= 15 is 0 Å². The molecule has 2 amide bonds. The van der Waals surface area contributed by atoms with Gasteiger partial charge < -0.3 is 19.9 Å². The molecule has 27 heavy (non-hydrogen) atoms. The van der Waals surface area contributed by atoms with Crippen molar-refractivity contribution < 1.29 is 14.3 Å². The van der Waals surface area contributed by atoms with Gasteiger partial charge in [0.25, 0.3) is 5.91 Å². The summed E-state index contributed by atoms with van der Waals surface area (Å²) < 4.78 is 6.09. The van der Waals surface area contributed by atoms with Crippen molar-refractivity contribution in [3.63, 3.8) is 0 Å². The summed E-state index contributed by atoms with van der Waals surface area (Å²) in [5.41, 5.74) is 1.62. The molecule has 2 aliphatic heterocycles. The Hall–Kier alpha value is -2.08. The first-order valence-electron chi connectivity index (χ1n) is 9.81. The quantitative estimate of drug-likeness (QED) is 0.880. The Kier molecular flexibility index (Phi) is 5.75. The number of hydrogen-bond donors (Lipinski definition) is 1. The molecule has 1 unspecified atom stereocenters. The Morgan fingerprint density at radius 3 is 2.37 bits per heavy atom. The van der Waals surface area contributed by atoms with Crippen LogP contribution in [0.4, 0.5) is 5.69 Å². The molecule has 0 aromatic heterocycles. The third-order valence-corrected chi connectivity index (χ3v) is 5.67. The van der Waals surface area contributed by atoms with Crippen LogP contribution in [0.3, 0.4) is 0 Å². The average molecular weight is 373 g/mol. The number of carbonyl (C=O) groups excluding carboxylic acids is 2. The van der Waals surface area contributed by atoms with Gasteiger partial charge in [-0.15, -0.1) is 0 Å². The van der Waals surface area contributed by atoms with Gasteiger partial charge in [-0.25, -0.2) is 0 Å². The number of benzene rings is 1. The number of piperidine rings is 1. The first kappa shape index (κ1) is 19.7. The summed E-state index contributed by atoms with van der Waals surface area (Å²) in [5, 5.41) is 3.08. The minimum Gasteiger partial charge on any atom is -0.378 e. The monoisotopic (exact) mass is 373 g/mol. The highest BCUT2D eigenvalue weighted by atomic mass is 16.5. The average Bonchev–Trinajstić information content (AvgIpc) is 3.04. The molecule has 0 bridgehead atoms. The first-order valence-corrected chi connectivity index (χ1v) is 9.81. The number of rotatable bonds is 4. The molecule has 6 heteroatoms.